The van der Waals surface area contributed by atoms with Gasteiger partial charge in [0.25, 0.3) is 0 Å². The van der Waals surface area contributed by atoms with Gasteiger partial charge in [-0.1, -0.05) is 18.2 Å². The fourth-order valence-electron chi connectivity index (χ4n) is 3.70. The zero-order chi connectivity index (χ0) is 20.8. The van der Waals surface area contributed by atoms with Crippen molar-refractivity contribution >= 4 is 28.6 Å². The van der Waals surface area contributed by atoms with Crippen LogP contribution in [0.15, 0.2) is 35.3 Å². The Hall–Kier alpha value is -2.83. The number of nitrogens with one attached hydrogen (secondary N) is 1. The lowest BCUT2D eigenvalue weighted by Gasteiger charge is -2.33. The molecule has 7 heteroatoms. The number of guanidine groups is 1. The van der Waals surface area contributed by atoms with Gasteiger partial charge < -0.3 is 19.9 Å². The molecule has 0 saturated carbocycles. The molecule has 1 fully saturated rings. The van der Waals surface area contributed by atoms with Crippen LogP contribution in [0.1, 0.15) is 25.3 Å². The first kappa shape index (κ1) is 20.9. The normalized spacial score (nSPS) is 15.4. The molecule has 2 heterocycles. The van der Waals surface area contributed by atoms with Gasteiger partial charge in [0.2, 0.25) is 0 Å². The van der Waals surface area contributed by atoms with E-state index in [0.717, 1.165) is 48.6 Å². The molecule has 0 amide bonds. The number of hydrogen-bond acceptors (Lipinski definition) is 5. The summed E-state index contributed by atoms with van der Waals surface area (Å²) in [5.74, 6) is 1.72. The van der Waals surface area contributed by atoms with Crippen molar-refractivity contribution in [2.75, 3.05) is 45.7 Å². The third-order valence-corrected chi connectivity index (χ3v) is 5.31. The molecule has 1 aromatic heterocycles. The average Bonchev–Trinajstić information content (AvgIpc) is 2.74. The van der Waals surface area contributed by atoms with E-state index in [0.29, 0.717) is 13.2 Å². The molecule has 3 rings (SSSR count). The Morgan fingerprint density at radius 3 is 2.69 bits per heavy atom. The molecule has 0 radical (unpaired) electrons. The van der Waals surface area contributed by atoms with E-state index in [1.807, 2.05) is 44.1 Å². The number of ether oxygens (including phenoxy) is 1. The van der Waals surface area contributed by atoms with Crippen molar-refractivity contribution in [1.29, 1.82) is 0 Å². The summed E-state index contributed by atoms with van der Waals surface area (Å²) in [6.07, 6.45) is 1.59. The predicted octanol–water partition coefficient (Wildman–Crippen LogP) is 2.65. The van der Waals surface area contributed by atoms with Crippen molar-refractivity contribution in [3.63, 3.8) is 0 Å². The number of piperidine rings is 1. The number of rotatable bonds is 5. The highest BCUT2D eigenvalue weighted by Gasteiger charge is 2.27. The maximum Gasteiger partial charge on any atom is 0.309 e. The first-order valence-electron chi connectivity index (χ1n) is 10.2. The van der Waals surface area contributed by atoms with Crippen LogP contribution >= 0.6 is 0 Å². The number of carbonyl (C=O) groups excluding carboxylic acids is 1. The smallest absolute Gasteiger partial charge is 0.309 e. The number of aliphatic imine (C=N–C) groups is 1. The fraction of sp³-hybridized carbons (Fsp3) is 0.500. The van der Waals surface area contributed by atoms with Crippen LogP contribution in [0.3, 0.4) is 0 Å². The lowest BCUT2D eigenvalue weighted by atomic mass is 9.97. The summed E-state index contributed by atoms with van der Waals surface area (Å²) in [5, 5.41) is 4.64. The van der Waals surface area contributed by atoms with Gasteiger partial charge in [0.1, 0.15) is 5.82 Å². The van der Waals surface area contributed by atoms with Gasteiger partial charge >= 0.3 is 5.97 Å². The number of para-hydroxylation sites is 1. The third kappa shape index (κ3) is 4.96. The van der Waals surface area contributed by atoms with Crippen LogP contribution in [0.25, 0.3) is 10.9 Å². The number of benzene rings is 1. The third-order valence-electron chi connectivity index (χ3n) is 5.31. The zero-order valence-corrected chi connectivity index (χ0v) is 17.8. The highest BCUT2D eigenvalue weighted by Crippen LogP contribution is 2.23. The number of likely N-dealkylation sites (tertiary alicyclic amines) is 1. The maximum atomic E-state index is 12.0. The second-order valence-electron chi connectivity index (χ2n) is 7.47. The molecule has 0 bridgehead atoms. The largest absolute Gasteiger partial charge is 0.466 e. The number of fused-ring (bicyclic) bond motifs is 1. The molecule has 1 N–H and O–H groups in total. The van der Waals surface area contributed by atoms with E-state index >= 15 is 0 Å². The minimum absolute atomic E-state index is 0.00361. The van der Waals surface area contributed by atoms with E-state index in [1.165, 1.54) is 5.56 Å². The van der Waals surface area contributed by atoms with Crippen molar-refractivity contribution in [2.45, 2.75) is 26.3 Å². The SMILES string of the molecule is CCOC(=O)C1CCN(C(=NC)NCc2cc(N(C)C)nc3ccccc23)CC1. The van der Waals surface area contributed by atoms with E-state index in [4.69, 9.17) is 9.72 Å². The summed E-state index contributed by atoms with van der Waals surface area (Å²) < 4.78 is 5.17. The van der Waals surface area contributed by atoms with E-state index in [2.05, 4.69) is 27.3 Å². The Morgan fingerprint density at radius 2 is 2.03 bits per heavy atom. The highest BCUT2D eigenvalue weighted by molar-refractivity contribution is 5.85. The topological polar surface area (TPSA) is 70.1 Å². The molecular weight excluding hydrogens is 366 g/mol. The summed E-state index contributed by atoms with van der Waals surface area (Å²) in [7, 11) is 5.80. The molecule has 1 saturated heterocycles. The molecule has 29 heavy (non-hydrogen) atoms. The summed E-state index contributed by atoms with van der Waals surface area (Å²) >= 11 is 0. The van der Waals surface area contributed by atoms with Crippen LogP contribution < -0.4 is 10.2 Å². The first-order chi connectivity index (χ1) is 14.0. The minimum Gasteiger partial charge on any atom is -0.466 e. The minimum atomic E-state index is -0.0745. The molecule has 0 atom stereocenters. The van der Waals surface area contributed by atoms with Crippen LogP contribution in [-0.4, -0.2) is 62.7 Å². The number of nitrogens with zero attached hydrogens (tertiary/aromatic N) is 4. The Morgan fingerprint density at radius 1 is 1.31 bits per heavy atom. The number of pyridine rings is 1. The molecule has 1 aliphatic heterocycles. The van der Waals surface area contributed by atoms with Gasteiger partial charge in [0, 0.05) is 46.2 Å². The second-order valence-corrected chi connectivity index (χ2v) is 7.47. The number of hydrogen-bond donors (Lipinski definition) is 1. The van der Waals surface area contributed by atoms with Crippen LogP contribution in [-0.2, 0) is 16.1 Å². The highest BCUT2D eigenvalue weighted by atomic mass is 16.5. The molecule has 2 aromatic rings. The Balaban J connectivity index is 1.68. The lowest BCUT2D eigenvalue weighted by Crippen LogP contribution is -2.46. The van der Waals surface area contributed by atoms with Crippen LogP contribution in [0.2, 0.25) is 0 Å². The van der Waals surface area contributed by atoms with Crippen LogP contribution in [0.4, 0.5) is 5.82 Å². The molecule has 0 spiro atoms. The lowest BCUT2D eigenvalue weighted by molar-refractivity contribution is -0.149. The van der Waals surface area contributed by atoms with E-state index in [9.17, 15) is 4.79 Å². The molecule has 1 aromatic carbocycles. The Labute approximate surface area is 172 Å². The number of aromatic nitrogens is 1. The monoisotopic (exact) mass is 397 g/mol. The summed E-state index contributed by atoms with van der Waals surface area (Å²) in [6, 6.07) is 10.3. The standard InChI is InChI=1S/C22H31N5O2/c1-5-29-21(28)16-10-12-27(13-11-16)22(23-2)24-15-17-14-20(26(3)4)25-19-9-7-6-8-18(17)19/h6-9,14,16H,5,10-13,15H2,1-4H3,(H,23,24). The van der Waals surface area contributed by atoms with Gasteiger partial charge in [-0.2, -0.15) is 0 Å². The molecule has 1 aliphatic rings. The van der Waals surface area contributed by atoms with Crippen molar-refractivity contribution < 1.29 is 9.53 Å². The van der Waals surface area contributed by atoms with Gasteiger partial charge in [0.15, 0.2) is 5.96 Å². The van der Waals surface area contributed by atoms with Crippen LogP contribution in [0.5, 0.6) is 0 Å². The quantitative estimate of drug-likeness (QED) is 0.475. The molecule has 156 valence electrons. The molecule has 0 aliphatic carbocycles. The van der Waals surface area contributed by atoms with E-state index in [1.54, 1.807) is 7.05 Å². The van der Waals surface area contributed by atoms with E-state index in [-0.39, 0.29) is 11.9 Å². The Bertz CT molecular complexity index is 873. The predicted molar refractivity (Wildman–Crippen MR) is 117 cm³/mol. The maximum absolute atomic E-state index is 12.0. The summed E-state index contributed by atoms with van der Waals surface area (Å²) in [5.41, 5.74) is 2.17. The number of carbonyl (C=O) groups is 1. The van der Waals surface area contributed by atoms with Gasteiger partial charge in [-0.05, 0) is 37.5 Å². The first-order valence-corrected chi connectivity index (χ1v) is 10.2. The second kappa shape index (κ2) is 9.58. The van der Waals surface area contributed by atoms with Crippen molar-refractivity contribution in [1.82, 2.24) is 15.2 Å². The average molecular weight is 398 g/mol. The van der Waals surface area contributed by atoms with Crippen molar-refractivity contribution in [2.24, 2.45) is 10.9 Å². The summed E-state index contributed by atoms with van der Waals surface area (Å²) in [4.78, 5) is 25.4. The molecular formula is C22H31N5O2. The van der Waals surface area contributed by atoms with Gasteiger partial charge in [-0.3, -0.25) is 9.79 Å². The van der Waals surface area contributed by atoms with Crippen LogP contribution in [0, 0.1) is 5.92 Å². The van der Waals surface area contributed by atoms with E-state index < -0.39 is 0 Å². The number of esters is 1. The van der Waals surface area contributed by atoms with Crippen molar-refractivity contribution in [3.05, 3.63) is 35.9 Å². The summed E-state index contributed by atoms with van der Waals surface area (Å²) in [6.45, 7) is 4.54. The van der Waals surface area contributed by atoms with Gasteiger partial charge in [0.05, 0.1) is 18.0 Å². The molecule has 0 unspecified atom stereocenters. The molecule has 7 nitrogen and oxygen atoms in total. The fourth-order valence-corrected chi connectivity index (χ4v) is 3.70. The van der Waals surface area contributed by atoms with Crippen molar-refractivity contribution in [3.8, 4) is 0 Å². The zero-order valence-electron chi connectivity index (χ0n) is 17.8. The van der Waals surface area contributed by atoms with Gasteiger partial charge in [-0.25, -0.2) is 4.98 Å². The number of anilines is 1. The Kier molecular flexibility index (Phi) is 6.90. The van der Waals surface area contributed by atoms with Gasteiger partial charge in [-0.15, -0.1) is 0 Å².